The van der Waals surface area contributed by atoms with Gasteiger partial charge in [0, 0.05) is 24.4 Å². The van der Waals surface area contributed by atoms with Crippen LogP contribution in [0.1, 0.15) is 63.3 Å². The van der Waals surface area contributed by atoms with Crippen molar-refractivity contribution < 1.29 is 9.53 Å². The zero-order valence-electron chi connectivity index (χ0n) is 14.7. The molecular formula is C18H29N3O2S. The monoisotopic (exact) mass is 351 g/mol. The molecular weight excluding hydrogens is 322 g/mol. The van der Waals surface area contributed by atoms with Crippen molar-refractivity contribution in [2.75, 3.05) is 13.1 Å². The van der Waals surface area contributed by atoms with Crippen LogP contribution in [-0.4, -0.2) is 31.1 Å². The van der Waals surface area contributed by atoms with Gasteiger partial charge in [-0.15, -0.1) is 11.3 Å². The predicted octanol–water partition coefficient (Wildman–Crippen LogP) is 3.63. The summed E-state index contributed by atoms with van der Waals surface area (Å²) in [5.41, 5.74) is 0. The van der Waals surface area contributed by atoms with E-state index in [2.05, 4.69) is 40.1 Å². The van der Waals surface area contributed by atoms with Gasteiger partial charge in [0.15, 0.2) is 5.96 Å². The summed E-state index contributed by atoms with van der Waals surface area (Å²) < 4.78 is 5.46. The first kappa shape index (κ1) is 18.8. The van der Waals surface area contributed by atoms with E-state index in [4.69, 9.17) is 4.74 Å². The minimum atomic E-state index is -0.0815. The molecule has 1 aliphatic carbocycles. The first-order valence-electron chi connectivity index (χ1n) is 8.96. The Kier molecular flexibility index (Phi) is 8.08. The Hall–Kier alpha value is -1.56. The van der Waals surface area contributed by atoms with Crippen molar-refractivity contribution in [3.63, 3.8) is 0 Å². The lowest BCUT2D eigenvalue weighted by Crippen LogP contribution is -2.38. The highest BCUT2D eigenvalue weighted by Crippen LogP contribution is 2.21. The van der Waals surface area contributed by atoms with E-state index in [9.17, 15) is 4.79 Å². The summed E-state index contributed by atoms with van der Waals surface area (Å²) in [5, 5.41) is 8.73. The van der Waals surface area contributed by atoms with Crippen LogP contribution in [0, 0.1) is 0 Å². The van der Waals surface area contributed by atoms with Gasteiger partial charge in [0.1, 0.15) is 6.10 Å². The van der Waals surface area contributed by atoms with Crippen molar-refractivity contribution in [2.24, 2.45) is 4.99 Å². The van der Waals surface area contributed by atoms with Crippen LogP contribution in [0.3, 0.4) is 0 Å². The van der Waals surface area contributed by atoms with E-state index < -0.39 is 0 Å². The Balaban J connectivity index is 1.70. The highest BCUT2D eigenvalue weighted by atomic mass is 32.1. The third-order valence-corrected chi connectivity index (χ3v) is 5.13. The summed E-state index contributed by atoms with van der Waals surface area (Å²) in [5.74, 6) is 0.713. The molecule has 1 saturated carbocycles. The SMILES string of the molecule is CCNC(=NCCCC(=O)OC1CCCC1)NC(C)c1cccs1. The van der Waals surface area contributed by atoms with Crippen LogP contribution < -0.4 is 10.6 Å². The number of carbonyl (C=O) groups excluding carboxylic acids is 1. The number of rotatable bonds is 8. The average molecular weight is 352 g/mol. The molecule has 0 saturated heterocycles. The molecule has 0 bridgehead atoms. The van der Waals surface area contributed by atoms with E-state index in [1.807, 2.05) is 6.92 Å². The number of thiophene rings is 1. The van der Waals surface area contributed by atoms with Crippen molar-refractivity contribution in [1.29, 1.82) is 0 Å². The molecule has 1 atom stereocenters. The van der Waals surface area contributed by atoms with Gasteiger partial charge in [0.2, 0.25) is 0 Å². The lowest BCUT2D eigenvalue weighted by Gasteiger charge is -2.16. The highest BCUT2D eigenvalue weighted by molar-refractivity contribution is 7.10. The van der Waals surface area contributed by atoms with E-state index in [0.29, 0.717) is 13.0 Å². The van der Waals surface area contributed by atoms with Crippen LogP contribution in [0.5, 0.6) is 0 Å². The molecule has 2 N–H and O–H groups in total. The molecule has 24 heavy (non-hydrogen) atoms. The number of hydrogen-bond donors (Lipinski definition) is 2. The number of ether oxygens (including phenoxy) is 1. The van der Waals surface area contributed by atoms with Crippen molar-refractivity contribution >= 4 is 23.3 Å². The van der Waals surface area contributed by atoms with Crippen LogP contribution in [0.2, 0.25) is 0 Å². The number of aliphatic imine (C=N–C) groups is 1. The van der Waals surface area contributed by atoms with Gasteiger partial charge in [-0.3, -0.25) is 9.79 Å². The smallest absolute Gasteiger partial charge is 0.306 e. The number of nitrogens with one attached hydrogen (secondary N) is 2. The van der Waals surface area contributed by atoms with Gasteiger partial charge < -0.3 is 15.4 Å². The second-order valence-corrected chi connectivity index (χ2v) is 7.12. The van der Waals surface area contributed by atoms with E-state index in [1.54, 1.807) is 11.3 Å². The van der Waals surface area contributed by atoms with Gasteiger partial charge >= 0.3 is 5.97 Å². The lowest BCUT2D eigenvalue weighted by atomic mass is 10.3. The predicted molar refractivity (Wildman–Crippen MR) is 99.4 cm³/mol. The van der Waals surface area contributed by atoms with E-state index in [-0.39, 0.29) is 18.1 Å². The third-order valence-electron chi connectivity index (χ3n) is 4.08. The molecule has 2 rings (SSSR count). The summed E-state index contributed by atoms with van der Waals surface area (Å²) in [4.78, 5) is 17.6. The van der Waals surface area contributed by atoms with Crippen LogP contribution in [0.4, 0.5) is 0 Å². The molecule has 0 amide bonds. The zero-order valence-corrected chi connectivity index (χ0v) is 15.5. The molecule has 1 heterocycles. The molecule has 0 radical (unpaired) electrons. The molecule has 134 valence electrons. The van der Waals surface area contributed by atoms with Gasteiger partial charge in [-0.1, -0.05) is 6.07 Å². The Bertz CT molecular complexity index is 510. The maximum Gasteiger partial charge on any atom is 0.306 e. The summed E-state index contributed by atoms with van der Waals surface area (Å²) in [6.07, 6.45) is 5.74. The molecule has 1 aliphatic rings. The van der Waals surface area contributed by atoms with Gasteiger partial charge in [-0.05, 0) is 57.4 Å². The Labute approximate surface area is 148 Å². The van der Waals surface area contributed by atoms with Crippen molar-refractivity contribution in [3.05, 3.63) is 22.4 Å². The minimum Gasteiger partial charge on any atom is -0.462 e. The van der Waals surface area contributed by atoms with Crippen molar-refractivity contribution in [2.45, 2.75) is 64.5 Å². The quantitative estimate of drug-likeness (QED) is 0.325. The summed E-state index contributed by atoms with van der Waals surface area (Å²) in [6, 6.07) is 4.39. The average Bonchev–Trinajstić information content (AvgIpc) is 3.25. The maximum atomic E-state index is 11.8. The number of esters is 1. The van der Waals surface area contributed by atoms with E-state index in [0.717, 1.165) is 31.8 Å². The standard InChI is InChI=1S/C18H29N3O2S/c1-3-19-18(21-14(2)16-10-7-13-24-16)20-12-6-11-17(22)23-15-8-4-5-9-15/h7,10,13-15H,3-6,8-9,11-12H2,1-2H3,(H2,19,20,21). The summed E-state index contributed by atoms with van der Waals surface area (Å²) in [6.45, 7) is 5.60. The fraction of sp³-hybridized carbons (Fsp3) is 0.667. The number of hydrogen-bond acceptors (Lipinski definition) is 4. The first-order valence-corrected chi connectivity index (χ1v) is 9.84. The molecule has 1 fully saturated rings. The highest BCUT2D eigenvalue weighted by Gasteiger charge is 2.18. The first-order chi connectivity index (χ1) is 11.7. The van der Waals surface area contributed by atoms with Crippen LogP contribution in [0.15, 0.2) is 22.5 Å². The Morgan fingerprint density at radius 2 is 2.25 bits per heavy atom. The van der Waals surface area contributed by atoms with Crippen LogP contribution >= 0.6 is 11.3 Å². The van der Waals surface area contributed by atoms with Gasteiger partial charge in [0.25, 0.3) is 0 Å². The molecule has 1 aromatic heterocycles. The van der Waals surface area contributed by atoms with E-state index >= 15 is 0 Å². The number of guanidine groups is 1. The second kappa shape index (κ2) is 10.3. The molecule has 0 aliphatic heterocycles. The van der Waals surface area contributed by atoms with Crippen molar-refractivity contribution in [3.8, 4) is 0 Å². The van der Waals surface area contributed by atoms with Gasteiger partial charge in [-0.2, -0.15) is 0 Å². The maximum absolute atomic E-state index is 11.8. The van der Waals surface area contributed by atoms with E-state index in [1.165, 1.54) is 17.7 Å². The second-order valence-electron chi connectivity index (χ2n) is 6.14. The zero-order chi connectivity index (χ0) is 17.2. The number of carbonyl (C=O) groups is 1. The molecule has 1 aromatic rings. The topological polar surface area (TPSA) is 62.7 Å². The van der Waals surface area contributed by atoms with Crippen LogP contribution in [-0.2, 0) is 9.53 Å². The van der Waals surface area contributed by atoms with Crippen LogP contribution in [0.25, 0.3) is 0 Å². The Morgan fingerprint density at radius 3 is 2.92 bits per heavy atom. The molecule has 1 unspecified atom stereocenters. The summed E-state index contributed by atoms with van der Waals surface area (Å²) >= 11 is 1.73. The largest absolute Gasteiger partial charge is 0.462 e. The molecule has 0 aromatic carbocycles. The number of nitrogens with zero attached hydrogens (tertiary/aromatic N) is 1. The fourth-order valence-corrected chi connectivity index (χ4v) is 3.53. The molecule has 5 nitrogen and oxygen atoms in total. The lowest BCUT2D eigenvalue weighted by molar-refractivity contribution is -0.148. The van der Waals surface area contributed by atoms with Gasteiger partial charge in [-0.25, -0.2) is 0 Å². The van der Waals surface area contributed by atoms with Gasteiger partial charge in [0.05, 0.1) is 6.04 Å². The summed E-state index contributed by atoms with van der Waals surface area (Å²) in [7, 11) is 0. The normalized spacial score (nSPS) is 16.8. The third kappa shape index (κ3) is 6.51. The Morgan fingerprint density at radius 1 is 1.46 bits per heavy atom. The minimum absolute atomic E-state index is 0.0815. The van der Waals surface area contributed by atoms with Crippen molar-refractivity contribution in [1.82, 2.24) is 10.6 Å². The molecule has 6 heteroatoms. The molecule has 0 spiro atoms. The fourth-order valence-electron chi connectivity index (χ4n) is 2.80.